The summed E-state index contributed by atoms with van der Waals surface area (Å²) in [5.41, 5.74) is 0.581. The number of nitrogens with one attached hydrogen (secondary N) is 1. The first-order valence-electron chi connectivity index (χ1n) is 7.93. The van der Waals surface area contributed by atoms with Crippen LogP contribution in [0.1, 0.15) is 58.8 Å². The zero-order chi connectivity index (χ0) is 13.8. The van der Waals surface area contributed by atoms with Crippen LogP contribution >= 0.6 is 0 Å². The first kappa shape index (κ1) is 15.3. The smallest absolute Gasteiger partial charge is 0.0708 e. The van der Waals surface area contributed by atoms with E-state index in [1.807, 2.05) is 0 Å². The molecule has 1 aliphatic carbocycles. The van der Waals surface area contributed by atoms with E-state index in [9.17, 15) is 0 Å². The molecule has 3 heteroatoms. The summed E-state index contributed by atoms with van der Waals surface area (Å²) in [6.45, 7) is 7.50. The van der Waals surface area contributed by atoms with Crippen LogP contribution in [-0.4, -0.2) is 38.5 Å². The maximum absolute atomic E-state index is 6.32. The molecule has 2 aliphatic rings. The van der Waals surface area contributed by atoms with E-state index in [1.54, 1.807) is 7.11 Å². The van der Waals surface area contributed by atoms with Crippen molar-refractivity contribution in [1.82, 2.24) is 5.32 Å². The molecule has 0 bridgehead atoms. The van der Waals surface area contributed by atoms with Gasteiger partial charge in [-0.1, -0.05) is 26.7 Å². The van der Waals surface area contributed by atoms with E-state index in [1.165, 1.54) is 38.5 Å². The molecule has 1 saturated carbocycles. The van der Waals surface area contributed by atoms with Crippen LogP contribution in [0.4, 0.5) is 0 Å². The fraction of sp³-hybridized carbons (Fsp3) is 1.00. The number of rotatable bonds is 7. The molecule has 1 N–H and O–H groups in total. The summed E-state index contributed by atoms with van der Waals surface area (Å²) >= 11 is 0. The Kier molecular flexibility index (Phi) is 5.27. The van der Waals surface area contributed by atoms with Crippen molar-refractivity contribution in [3.63, 3.8) is 0 Å². The van der Waals surface area contributed by atoms with E-state index in [2.05, 4.69) is 19.2 Å². The largest absolute Gasteiger partial charge is 0.385 e. The molecule has 19 heavy (non-hydrogen) atoms. The molecule has 0 radical (unpaired) electrons. The summed E-state index contributed by atoms with van der Waals surface area (Å²) in [4.78, 5) is 0. The fourth-order valence-electron chi connectivity index (χ4n) is 3.46. The molecule has 2 fully saturated rings. The lowest BCUT2D eigenvalue weighted by molar-refractivity contribution is -0.0357. The molecule has 112 valence electrons. The van der Waals surface area contributed by atoms with Crippen molar-refractivity contribution in [1.29, 1.82) is 0 Å². The Morgan fingerprint density at radius 3 is 2.68 bits per heavy atom. The van der Waals surface area contributed by atoms with Gasteiger partial charge in [-0.15, -0.1) is 0 Å². The summed E-state index contributed by atoms with van der Waals surface area (Å²) in [5, 5.41) is 3.60. The predicted molar refractivity (Wildman–Crippen MR) is 78.4 cm³/mol. The summed E-state index contributed by atoms with van der Waals surface area (Å²) in [6.07, 6.45) is 9.39. The molecule has 1 unspecified atom stereocenters. The number of methoxy groups -OCH3 is 1. The Bertz CT molecular complexity index is 272. The highest BCUT2D eigenvalue weighted by molar-refractivity contribution is 4.93. The van der Waals surface area contributed by atoms with Gasteiger partial charge in [0.1, 0.15) is 0 Å². The Morgan fingerprint density at radius 1 is 1.26 bits per heavy atom. The average Bonchev–Trinajstić information content (AvgIpc) is 2.98. The van der Waals surface area contributed by atoms with Crippen LogP contribution in [-0.2, 0) is 9.47 Å². The van der Waals surface area contributed by atoms with Gasteiger partial charge >= 0.3 is 0 Å². The average molecular weight is 269 g/mol. The van der Waals surface area contributed by atoms with Gasteiger partial charge in [0.25, 0.3) is 0 Å². The Labute approximate surface area is 118 Å². The van der Waals surface area contributed by atoms with E-state index >= 15 is 0 Å². The highest BCUT2D eigenvalue weighted by Crippen LogP contribution is 2.43. The first-order valence-corrected chi connectivity index (χ1v) is 7.93. The predicted octanol–water partition coefficient (Wildman–Crippen LogP) is 3.13. The van der Waals surface area contributed by atoms with Crippen LogP contribution in [0.15, 0.2) is 0 Å². The lowest BCUT2D eigenvalue weighted by Crippen LogP contribution is -2.36. The maximum atomic E-state index is 6.32. The van der Waals surface area contributed by atoms with Gasteiger partial charge in [0.15, 0.2) is 0 Å². The Balaban J connectivity index is 1.64. The number of ether oxygens (including phenoxy) is 2. The summed E-state index contributed by atoms with van der Waals surface area (Å²) in [5.74, 6) is 0. The number of hydrogen-bond donors (Lipinski definition) is 1. The van der Waals surface area contributed by atoms with E-state index in [0.717, 1.165) is 26.1 Å². The minimum atomic E-state index is 0.276. The number of hydrogen-bond acceptors (Lipinski definition) is 3. The standard InChI is InChI=1S/C16H31NO2/c1-15(2,10-11-18-3)13-17-12-14-6-9-16(19-14)7-4-5-8-16/h14,17H,4-13H2,1-3H3. The minimum Gasteiger partial charge on any atom is -0.385 e. The van der Waals surface area contributed by atoms with Crippen LogP contribution in [0.3, 0.4) is 0 Å². The van der Waals surface area contributed by atoms with E-state index in [-0.39, 0.29) is 5.60 Å². The van der Waals surface area contributed by atoms with Crippen molar-refractivity contribution in [2.75, 3.05) is 26.8 Å². The first-order chi connectivity index (χ1) is 9.05. The van der Waals surface area contributed by atoms with Crippen molar-refractivity contribution >= 4 is 0 Å². The second kappa shape index (κ2) is 6.55. The monoisotopic (exact) mass is 269 g/mol. The van der Waals surface area contributed by atoms with Crippen molar-refractivity contribution in [2.45, 2.75) is 70.5 Å². The zero-order valence-corrected chi connectivity index (χ0v) is 13.0. The van der Waals surface area contributed by atoms with Gasteiger partial charge in [0.2, 0.25) is 0 Å². The Morgan fingerprint density at radius 2 is 2.00 bits per heavy atom. The molecule has 1 saturated heterocycles. The third-order valence-electron chi connectivity index (χ3n) is 4.81. The summed E-state index contributed by atoms with van der Waals surface area (Å²) in [7, 11) is 1.77. The minimum absolute atomic E-state index is 0.276. The molecule has 0 aromatic heterocycles. The topological polar surface area (TPSA) is 30.5 Å². The summed E-state index contributed by atoms with van der Waals surface area (Å²) < 4.78 is 11.5. The van der Waals surface area contributed by atoms with Crippen LogP contribution in [0.5, 0.6) is 0 Å². The quantitative estimate of drug-likeness (QED) is 0.770. The molecule has 0 amide bonds. The van der Waals surface area contributed by atoms with Gasteiger partial charge < -0.3 is 14.8 Å². The van der Waals surface area contributed by atoms with Crippen molar-refractivity contribution in [2.24, 2.45) is 5.41 Å². The van der Waals surface area contributed by atoms with Crippen LogP contribution < -0.4 is 5.32 Å². The normalized spacial score (nSPS) is 26.4. The zero-order valence-electron chi connectivity index (χ0n) is 13.0. The van der Waals surface area contributed by atoms with Gasteiger partial charge in [-0.25, -0.2) is 0 Å². The lowest BCUT2D eigenvalue weighted by atomic mass is 9.89. The van der Waals surface area contributed by atoms with Gasteiger partial charge in [0, 0.05) is 26.8 Å². The van der Waals surface area contributed by atoms with Crippen LogP contribution in [0.2, 0.25) is 0 Å². The molecule has 0 aromatic carbocycles. The van der Waals surface area contributed by atoms with Gasteiger partial charge in [-0.2, -0.15) is 0 Å². The van der Waals surface area contributed by atoms with Crippen molar-refractivity contribution in [3.8, 4) is 0 Å². The molecule has 1 atom stereocenters. The van der Waals surface area contributed by atoms with E-state index in [4.69, 9.17) is 9.47 Å². The second-order valence-corrected chi connectivity index (χ2v) is 7.21. The van der Waals surface area contributed by atoms with Crippen molar-refractivity contribution < 1.29 is 9.47 Å². The maximum Gasteiger partial charge on any atom is 0.0708 e. The molecular weight excluding hydrogens is 238 g/mol. The van der Waals surface area contributed by atoms with Gasteiger partial charge in [-0.05, 0) is 37.5 Å². The highest BCUT2D eigenvalue weighted by Gasteiger charge is 2.41. The van der Waals surface area contributed by atoms with Gasteiger partial charge in [-0.3, -0.25) is 0 Å². The highest BCUT2D eigenvalue weighted by atomic mass is 16.5. The summed E-state index contributed by atoms with van der Waals surface area (Å²) in [6, 6.07) is 0. The Hall–Kier alpha value is -0.120. The SMILES string of the molecule is COCCC(C)(C)CNCC1CCC2(CCCC2)O1. The third-order valence-corrected chi connectivity index (χ3v) is 4.81. The van der Waals surface area contributed by atoms with E-state index < -0.39 is 0 Å². The molecule has 1 heterocycles. The van der Waals surface area contributed by atoms with Crippen LogP contribution in [0.25, 0.3) is 0 Å². The molecule has 3 nitrogen and oxygen atoms in total. The molecular formula is C16H31NO2. The second-order valence-electron chi connectivity index (χ2n) is 7.21. The fourth-order valence-corrected chi connectivity index (χ4v) is 3.46. The molecule has 2 rings (SSSR count). The molecule has 1 aliphatic heterocycles. The van der Waals surface area contributed by atoms with E-state index in [0.29, 0.717) is 11.5 Å². The lowest BCUT2D eigenvalue weighted by Gasteiger charge is -2.27. The van der Waals surface area contributed by atoms with Gasteiger partial charge in [0.05, 0.1) is 11.7 Å². The van der Waals surface area contributed by atoms with Crippen molar-refractivity contribution in [3.05, 3.63) is 0 Å². The molecule has 1 spiro atoms. The van der Waals surface area contributed by atoms with Crippen LogP contribution in [0, 0.1) is 5.41 Å². The third kappa shape index (κ3) is 4.44. The molecule has 0 aromatic rings.